The lowest BCUT2D eigenvalue weighted by molar-refractivity contribution is 0.171. The third-order valence-electron chi connectivity index (χ3n) is 5.24. The number of hydrogen-bond donors (Lipinski definition) is 1. The molecule has 0 amide bonds. The molecule has 1 aliphatic carbocycles. The smallest absolute Gasteiger partial charge is 0.0847 e. The Labute approximate surface area is 134 Å². The van der Waals surface area contributed by atoms with Crippen molar-refractivity contribution in [2.75, 3.05) is 7.05 Å². The minimum Gasteiger partial charge on any atom is -0.317 e. The second kappa shape index (κ2) is 7.15. The van der Waals surface area contributed by atoms with Crippen LogP contribution in [0.25, 0.3) is 0 Å². The van der Waals surface area contributed by atoms with Crippen molar-refractivity contribution in [1.29, 1.82) is 0 Å². The number of aryl methyl sites for hydroxylation is 2. The van der Waals surface area contributed by atoms with Gasteiger partial charge in [0.15, 0.2) is 0 Å². The van der Waals surface area contributed by atoms with Gasteiger partial charge < -0.3 is 5.32 Å². The highest BCUT2D eigenvalue weighted by Crippen LogP contribution is 2.36. The Morgan fingerprint density at radius 2 is 2.10 bits per heavy atom. The molecule has 1 aliphatic rings. The third-order valence-corrected chi connectivity index (χ3v) is 5.74. The summed E-state index contributed by atoms with van der Waals surface area (Å²) in [5, 5.41) is 8.96. The molecule has 21 heavy (non-hydrogen) atoms. The van der Waals surface area contributed by atoms with Crippen LogP contribution in [0.2, 0.25) is 5.02 Å². The lowest BCUT2D eigenvalue weighted by Crippen LogP contribution is -2.41. The molecular formula is C17H30ClN3. The fourth-order valence-corrected chi connectivity index (χ4v) is 4.04. The predicted molar refractivity (Wildman–Crippen MR) is 89.9 cm³/mol. The molecule has 0 aromatic carbocycles. The Balaban J connectivity index is 2.18. The topological polar surface area (TPSA) is 29.9 Å². The van der Waals surface area contributed by atoms with E-state index in [1.54, 1.807) is 0 Å². The van der Waals surface area contributed by atoms with Crippen LogP contribution in [0.15, 0.2) is 0 Å². The standard InChI is InChI=1S/C17H30ClN3/c1-6-21-16(17(18)12(4)20-21)10-14-9-13(11(2)3)7-8-15(14)19-5/h11,13-15,19H,6-10H2,1-5H3. The molecule has 0 spiro atoms. The Morgan fingerprint density at radius 1 is 1.38 bits per heavy atom. The van der Waals surface area contributed by atoms with Crippen LogP contribution in [-0.2, 0) is 13.0 Å². The zero-order valence-electron chi connectivity index (χ0n) is 14.1. The first-order valence-electron chi connectivity index (χ1n) is 8.36. The number of aromatic nitrogens is 2. The first-order chi connectivity index (χ1) is 9.97. The van der Waals surface area contributed by atoms with Gasteiger partial charge in [0.1, 0.15) is 0 Å². The van der Waals surface area contributed by atoms with Crippen molar-refractivity contribution in [2.24, 2.45) is 17.8 Å². The number of rotatable bonds is 5. The second-order valence-electron chi connectivity index (χ2n) is 6.84. The molecule has 2 rings (SSSR count). The van der Waals surface area contributed by atoms with Gasteiger partial charge in [0.2, 0.25) is 0 Å². The molecule has 3 nitrogen and oxygen atoms in total. The van der Waals surface area contributed by atoms with Crippen molar-refractivity contribution < 1.29 is 0 Å². The van der Waals surface area contributed by atoms with E-state index in [-0.39, 0.29) is 0 Å². The maximum Gasteiger partial charge on any atom is 0.0847 e. The average molecular weight is 312 g/mol. The SMILES string of the molecule is CCn1nc(C)c(Cl)c1CC1CC(C(C)C)CCC1NC. The van der Waals surface area contributed by atoms with E-state index in [0.717, 1.165) is 35.5 Å². The summed E-state index contributed by atoms with van der Waals surface area (Å²) < 4.78 is 2.09. The van der Waals surface area contributed by atoms with Gasteiger partial charge in [-0.1, -0.05) is 25.4 Å². The van der Waals surface area contributed by atoms with Crippen LogP contribution in [0.4, 0.5) is 0 Å². The Hall–Kier alpha value is -0.540. The van der Waals surface area contributed by atoms with Crippen molar-refractivity contribution in [3.8, 4) is 0 Å². The highest BCUT2D eigenvalue weighted by atomic mass is 35.5. The minimum absolute atomic E-state index is 0.608. The van der Waals surface area contributed by atoms with Crippen LogP contribution in [0.1, 0.15) is 51.4 Å². The van der Waals surface area contributed by atoms with E-state index in [1.165, 1.54) is 25.0 Å². The molecule has 1 aromatic heterocycles. The highest BCUT2D eigenvalue weighted by molar-refractivity contribution is 6.31. The summed E-state index contributed by atoms with van der Waals surface area (Å²) in [7, 11) is 2.09. The first-order valence-corrected chi connectivity index (χ1v) is 8.74. The van der Waals surface area contributed by atoms with Gasteiger partial charge in [-0.15, -0.1) is 0 Å². The van der Waals surface area contributed by atoms with E-state index in [0.29, 0.717) is 12.0 Å². The zero-order chi connectivity index (χ0) is 15.6. The lowest BCUT2D eigenvalue weighted by atomic mass is 9.72. The number of hydrogen-bond acceptors (Lipinski definition) is 2. The summed E-state index contributed by atoms with van der Waals surface area (Å²) in [5.74, 6) is 2.28. The zero-order valence-corrected chi connectivity index (χ0v) is 14.9. The summed E-state index contributed by atoms with van der Waals surface area (Å²) in [6.45, 7) is 9.75. The van der Waals surface area contributed by atoms with Gasteiger partial charge in [0, 0.05) is 12.6 Å². The maximum atomic E-state index is 6.50. The molecule has 3 unspecified atom stereocenters. The monoisotopic (exact) mass is 311 g/mol. The number of nitrogens with one attached hydrogen (secondary N) is 1. The van der Waals surface area contributed by atoms with E-state index < -0.39 is 0 Å². The molecule has 3 atom stereocenters. The lowest BCUT2D eigenvalue weighted by Gasteiger charge is -2.38. The van der Waals surface area contributed by atoms with Gasteiger partial charge in [-0.25, -0.2) is 0 Å². The fraction of sp³-hybridized carbons (Fsp3) is 0.824. The molecule has 4 heteroatoms. The highest BCUT2D eigenvalue weighted by Gasteiger charge is 2.32. The molecule has 0 radical (unpaired) electrons. The summed E-state index contributed by atoms with van der Waals surface area (Å²) >= 11 is 6.50. The van der Waals surface area contributed by atoms with Gasteiger partial charge in [0.05, 0.1) is 16.4 Å². The normalized spacial score (nSPS) is 26.5. The van der Waals surface area contributed by atoms with E-state index >= 15 is 0 Å². The van der Waals surface area contributed by atoms with Crippen LogP contribution in [0.3, 0.4) is 0 Å². The summed E-state index contributed by atoms with van der Waals surface area (Å²) in [4.78, 5) is 0. The van der Waals surface area contributed by atoms with Gasteiger partial charge >= 0.3 is 0 Å². The van der Waals surface area contributed by atoms with Crippen LogP contribution >= 0.6 is 11.6 Å². The molecule has 1 saturated carbocycles. The van der Waals surface area contributed by atoms with Crippen molar-refractivity contribution in [3.63, 3.8) is 0 Å². The van der Waals surface area contributed by atoms with Gasteiger partial charge in [-0.05, 0) is 64.3 Å². The molecule has 0 aliphatic heterocycles. The van der Waals surface area contributed by atoms with Crippen molar-refractivity contribution >= 4 is 11.6 Å². The summed E-state index contributed by atoms with van der Waals surface area (Å²) in [6, 6.07) is 0.608. The van der Waals surface area contributed by atoms with Crippen molar-refractivity contribution in [3.05, 3.63) is 16.4 Å². The molecule has 120 valence electrons. The molecule has 0 saturated heterocycles. The quantitative estimate of drug-likeness (QED) is 0.888. The van der Waals surface area contributed by atoms with Gasteiger partial charge in [0.25, 0.3) is 0 Å². The molecule has 1 heterocycles. The summed E-state index contributed by atoms with van der Waals surface area (Å²) in [6.07, 6.45) is 4.97. The third kappa shape index (κ3) is 3.62. The molecule has 0 bridgehead atoms. The molecular weight excluding hydrogens is 282 g/mol. The Morgan fingerprint density at radius 3 is 2.67 bits per heavy atom. The Bertz CT molecular complexity index is 467. The number of nitrogens with zero attached hydrogens (tertiary/aromatic N) is 2. The van der Waals surface area contributed by atoms with E-state index in [9.17, 15) is 0 Å². The van der Waals surface area contributed by atoms with E-state index in [2.05, 4.69) is 42.9 Å². The average Bonchev–Trinajstić information content (AvgIpc) is 2.74. The molecule has 1 aromatic rings. The Kier molecular flexibility index (Phi) is 5.73. The first kappa shape index (κ1) is 16.8. The molecule has 1 N–H and O–H groups in total. The fourth-order valence-electron chi connectivity index (χ4n) is 3.82. The number of halogens is 1. The van der Waals surface area contributed by atoms with Crippen LogP contribution in [0, 0.1) is 24.7 Å². The van der Waals surface area contributed by atoms with Crippen LogP contribution < -0.4 is 5.32 Å². The maximum absolute atomic E-state index is 6.50. The largest absolute Gasteiger partial charge is 0.317 e. The van der Waals surface area contributed by atoms with Crippen LogP contribution in [0.5, 0.6) is 0 Å². The second-order valence-corrected chi connectivity index (χ2v) is 7.22. The van der Waals surface area contributed by atoms with E-state index in [4.69, 9.17) is 11.6 Å². The summed E-state index contributed by atoms with van der Waals surface area (Å²) in [5.41, 5.74) is 2.19. The van der Waals surface area contributed by atoms with Crippen molar-refractivity contribution in [1.82, 2.24) is 15.1 Å². The van der Waals surface area contributed by atoms with Crippen LogP contribution in [-0.4, -0.2) is 22.9 Å². The predicted octanol–water partition coefficient (Wildman–Crippen LogP) is 4.07. The van der Waals surface area contributed by atoms with Crippen molar-refractivity contribution in [2.45, 2.75) is 66.0 Å². The van der Waals surface area contributed by atoms with E-state index in [1.807, 2.05) is 6.92 Å². The molecule has 1 fully saturated rings. The van der Waals surface area contributed by atoms with Gasteiger partial charge in [-0.2, -0.15) is 5.10 Å². The van der Waals surface area contributed by atoms with Gasteiger partial charge in [-0.3, -0.25) is 4.68 Å². The minimum atomic E-state index is 0.608.